The third kappa shape index (κ3) is 55.8. The van der Waals surface area contributed by atoms with Crippen LogP contribution < -0.4 is 28.5 Å². The predicted octanol–water partition coefficient (Wildman–Crippen LogP) is 19.4. The van der Waals surface area contributed by atoms with E-state index in [4.69, 9.17) is 12.2 Å². The first kappa shape index (κ1) is 78.7. The van der Waals surface area contributed by atoms with Crippen LogP contribution in [-0.4, -0.2) is 45.4 Å². The number of aryl methyl sites for hydroxylation is 4. The van der Waals surface area contributed by atoms with E-state index in [1.807, 2.05) is 64.9 Å². The highest BCUT2D eigenvalue weighted by Gasteiger charge is 2.11. The fourth-order valence-corrected chi connectivity index (χ4v) is 11.4. The van der Waals surface area contributed by atoms with Crippen molar-refractivity contribution < 1.29 is 28.5 Å². The number of nitrogens with zero attached hydrogens (tertiary/aromatic N) is 5. The molecule has 0 saturated heterocycles. The highest BCUT2D eigenvalue weighted by Crippen LogP contribution is 2.20. The molecule has 74 heavy (non-hydrogen) atoms. The highest BCUT2D eigenvalue weighted by atomic mass is 127. The summed E-state index contributed by atoms with van der Waals surface area (Å²) in [5, 5.41) is 3.70. The van der Waals surface area contributed by atoms with E-state index < -0.39 is 0 Å². The summed E-state index contributed by atoms with van der Waals surface area (Å²) in [7, 11) is 8.24. The van der Waals surface area contributed by atoms with Gasteiger partial charge < -0.3 is 38.1 Å². The van der Waals surface area contributed by atoms with Crippen molar-refractivity contribution in [3.8, 4) is 0 Å². The molecule has 0 atom stereocenters. The van der Waals surface area contributed by atoms with Crippen molar-refractivity contribution in [2.24, 2.45) is 28.2 Å². The normalized spacial score (nSPS) is 10.6. The maximum Gasteiger partial charge on any atom is 0.317 e. The summed E-state index contributed by atoms with van der Waals surface area (Å²) >= 11 is 14.3. The molecule has 3 aromatic heterocycles. The maximum absolute atomic E-state index is 4.79. The average molecular weight is 1380 g/mol. The van der Waals surface area contributed by atoms with Crippen LogP contribution in [0.2, 0.25) is 0 Å². The molecule has 6 nitrogen and oxygen atoms in total. The summed E-state index contributed by atoms with van der Waals surface area (Å²) in [4.78, 5) is 9.16. The second-order valence-corrected chi connectivity index (χ2v) is 24.0. The molecule has 12 heteroatoms. The lowest BCUT2D eigenvalue weighted by atomic mass is 10.0. The molecule has 0 aromatic carbocycles. The number of aromatic amines is 1. The lowest BCUT2D eigenvalue weighted by Gasteiger charge is -2.03. The Labute approximate surface area is 514 Å². The number of thioether (sulfide) groups is 2. The molecule has 0 radical (unpaired) electrons. The summed E-state index contributed by atoms with van der Waals surface area (Å²) in [6.45, 7) is 6.87. The molecule has 0 aliphatic carbocycles. The maximum atomic E-state index is 4.79. The van der Waals surface area contributed by atoms with Gasteiger partial charge in [0.25, 0.3) is 0 Å². The molecule has 3 heterocycles. The smallest absolute Gasteiger partial charge is 0.317 e. The largest absolute Gasteiger partial charge is 1.00 e. The minimum atomic E-state index is 0. The van der Waals surface area contributed by atoms with E-state index in [1.165, 1.54) is 292 Å². The first-order valence-corrected chi connectivity index (χ1v) is 36.4. The first-order chi connectivity index (χ1) is 35.8. The van der Waals surface area contributed by atoms with E-state index in [2.05, 4.69) is 116 Å². The SMILES string of the molecule is CCCCCCCCCCCCCCCCBr.CCCCCCCCCCCCCCCCSc1n(C)cc[n+]1C.CCCCCCCCCCCCCCCCSc1nccn1C.CI.Cn1cc[nH]c1=S.[I-]. The Morgan fingerprint density at radius 1 is 0.473 bits per heavy atom. The Bertz CT molecular complexity index is 1500. The van der Waals surface area contributed by atoms with Crippen molar-refractivity contribution in [3.63, 3.8) is 0 Å². The summed E-state index contributed by atoms with van der Waals surface area (Å²) in [6, 6.07) is 0. The molecule has 0 bridgehead atoms. The number of H-pyrrole nitrogens is 1. The zero-order valence-electron chi connectivity index (χ0n) is 49.9. The van der Waals surface area contributed by atoms with Crippen LogP contribution in [0.15, 0.2) is 47.5 Å². The van der Waals surface area contributed by atoms with Crippen LogP contribution in [0.4, 0.5) is 0 Å². The number of hydrogen-bond acceptors (Lipinski definition) is 4. The molecule has 0 aliphatic rings. The average Bonchev–Trinajstić information content (AvgIpc) is 4.10. The third-order valence-corrected chi connectivity index (χ3v) is 17.1. The minimum Gasteiger partial charge on any atom is -1.00 e. The van der Waals surface area contributed by atoms with E-state index >= 15 is 0 Å². The molecular formula is C62H121BrI2N6S3. The van der Waals surface area contributed by atoms with Gasteiger partial charge >= 0.3 is 5.16 Å². The molecule has 0 amide bonds. The van der Waals surface area contributed by atoms with Crippen LogP contribution in [0.1, 0.15) is 290 Å². The van der Waals surface area contributed by atoms with Gasteiger partial charge in [-0.2, -0.15) is 0 Å². The van der Waals surface area contributed by atoms with Crippen LogP contribution in [-0.2, 0) is 28.2 Å². The van der Waals surface area contributed by atoms with Gasteiger partial charge in [0.2, 0.25) is 0 Å². The molecule has 1 N–H and O–H groups in total. The monoisotopic (exact) mass is 1380 g/mol. The number of imidazole rings is 3. The van der Waals surface area contributed by atoms with Gasteiger partial charge in [0.15, 0.2) is 9.93 Å². The van der Waals surface area contributed by atoms with Gasteiger partial charge in [-0.15, -0.1) is 0 Å². The van der Waals surface area contributed by atoms with Crippen LogP contribution in [0.5, 0.6) is 0 Å². The molecule has 0 saturated carbocycles. The van der Waals surface area contributed by atoms with Crippen LogP contribution in [0.25, 0.3) is 0 Å². The summed E-state index contributed by atoms with van der Waals surface area (Å²) in [5.74, 6) is 2.46. The lowest BCUT2D eigenvalue weighted by molar-refractivity contribution is -0.709. The summed E-state index contributed by atoms with van der Waals surface area (Å²) < 4.78 is 9.15. The van der Waals surface area contributed by atoms with Gasteiger partial charge in [0.1, 0.15) is 12.4 Å². The topological polar surface area (TPSA) is 47.3 Å². The number of aromatic nitrogens is 6. The van der Waals surface area contributed by atoms with Crippen molar-refractivity contribution in [2.75, 3.05) is 21.8 Å². The Balaban J connectivity index is -0.000000944. The molecule has 438 valence electrons. The Kier molecular flexibility index (Phi) is 70.2. The van der Waals surface area contributed by atoms with E-state index in [0.717, 1.165) is 9.93 Å². The van der Waals surface area contributed by atoms with Gasteiger partial charge in [-0.1, -0.05) is 321 Å². The van der Waals surface area contributed by atoms with Gasteiger partial charge in [0, 0.05) is 55.7 Å². The van der Waals surface area contributed by atoms with Crippen LogP contribution in [0.3, 0.4) is 0 Å². The predicted molar refractivity (Wildman–Crippen MR) is 347 cm³/mol. The van der Waals surface area contributed by atoms with Crippen molar-refractivity contribution in [1.29, 1.82) is 0 Å². The number of nitrogens with one attached hydrogen (secondary N) is 1. The number of hydrogen-bond donors (Lipinski definition) is 1. The molecule has 0 aliphatic heterocycles. The fourth-order valence-electron chi connectivity index (χ4n) is 8.87. The first-order valence-electron chi connectivity index (χ1n) is 30.7. The Morgan fingerprint density at radius 2 is 0.797 bits per heavy atom. The summed E-state index contributed by atoms with van der Waals surface area (Å²) in [6.07, 6.45) is 72.3. The number of unbranched alkanes of at least 4 members (excludes halogenated alkanes) is 39. The Morgan fingerprint density at radius 3 is 1.04 bits per heavy atom. The van der Waals surface area contributed by atoms with Gasteiger partial charge in [0.05, 0.1) is 14.1 Å². The van der Waals surface area contributed by atoms with Gasteiger partial charge in [-0.05, 0) is 48.2 Å². The zero-order valence-corrected chi connectivity index (χ0v) is 58.2. The molecular weight excluding hydrogens is 1260 g/mol. The quantitative estimate of drug-likeness (QED) is 0.0153. The standard InChI is InChI=1S/C21H41N2S.C20H38N2S.C16H33Br.C4H6N2S.CH3I.HI/c1-4-5-6-7-8-9-10-11-12-13-14-15-16-17-20-24-21-22(2)18-19-23(21)3;1-3-4-5-6-7-8-9-10-11-12-13-14-15-16-19-23-20-21-17-18-22(20)2;1-2-3-4-5-6-7-8-9-10-11-12-13-14-15-16-17;1-6-3-2-5-4(6)7;1-2;/h18-19H,4-17,20H2,1-3H3;17-18H,3-16,19H2,1-2H3;2-16H2,1H3;2-3H,1H3,(H,5,7);1H3;1H/q+1;;;;;/p-1. The Hall–Kier alpha value is 0.490. The van der Waals surface area contributed by atoms with E-state index in [-0.39, 0.29) is 24.0 Å². The summed E-state index contributed by atoms with van der Waals surface area (Å²) in [5.41, 5.74) is 0. The molecule has 0 unspecified atom stereocenters. The van der Waals surface area contributed by atoms with Gasteiger partial charge in [-0.3, -0.25) is 0 Å². The molecule has 3 aromatic rings. The number of rotatable bonds is 46. The molecule has 0 fully saturated rings. The number of alkyl halides is 2. The molecule has 0 spiro atoms. The van der Waals surface area contributed by atoms with Gasteiger partial charge in [-0.25, -0.2) is 14.1 Å². The third-order valence-electron chi connectivity index (χ3n) is 13.7. The van der Waals surface area contributed by atoms with Crippen molar-refractivity contribution in [3.05, 3.63) is 42.0 Å². The van der Waals surface area contributed by atoms with Crippen molar-refractivity contribution in [2.45, 2.75) is 301 Å². The van der Waals surface area contributed by atoms with Crippen molar-refractivity contribution in [1.82, 2.24) is 23.7 Å². The van der Waals surface area contributed by atoms with E-state index in [9.17, 15) is 0 Å². The molecule has 3 rings (SSSR count). The van der Waals surface area contributed by atoms with Crippen molar-refractivity contribution >= 4 is 74.3 Å². The second-order valence-electron chi connectivity index (χ2n) is 20.7. The minimum absolute atomic E-state index is 0. The number of halogens is 3. The van der Waals surface area contributed by atoms with Crippen LogP contribution >= 0.6 is 74.3 Å². The van der Waals surface area contributed by atoms with E-state index in [1.54, 1.807) is 0 Å². The fraction of sp³-hybridized carbons (Fsp3) is 0.855. The lowest BCUT2D eigenvalue weighted by Crippen LogP contribution is -3.00. The zero-order chi connectivity index (χ0) is 53.9. The van der Waals surface area contributed by atoms with E-state index in [0.29, 0.717) is 0 Å². The highest BCUT2D eigenvalue weighted by molar-refractivity contribution is 14.1. The second kappa shape index (κ2) is 66.0. The van der Waals surface area contributed by atoms with Crippen LogP contribution in [0, 0.1) is 4.77 Å².